The minimum absolute atomic E-state index is 0.267. The molecule has 0 aromatic heterocycles. The van der Waals surface area contributed by atoms with Crippen molar-refractivity contribution >= 4 is 23.5 Å². The number of rotatable bonds is 4. The number of imide groups is 1. The summed E-state index contributed by atoms with van der Waals surface area (Å²) in [5.41, 5.74) is 1.32. The molecule has 31 heavy (non-hydrogen) atoms. The van der Waals surface area contributed by atoms with E-state index in [4.69, 9.17) is 0 Å². The van der Waals surface area contributed by atoms with Crippen LogP contribution in [0.15, 0.2) is 48.5 Å². The zero-order chi connectivity index (χ0) is 22.2. The number of urea groups is 1. The van der Waals surface area contributed by atoms with Crippen LogP contribution < -0.4 is 10.2 Å². The molecule has 2 heterocycles. The third kappa shape index (κ3) is 3.85. The molecule has 4 amide bonds. The maximum atomic E-state index is 13.1. The number of nitrogens with zero attached hydrogens (tertiary/aromatic N) is 3. The van der Waals surface area contributed by atoms with Crippen LogP contribution in [0.2, 0.25) is 0 Å². The quantitative estimate of drug-likeness (QED) is 0.765. The zero-order valence-corrected chi connectivity index (χ0v) is 17.6. The summed E-state index contributed by atoms with van der Waals surface area (Å²) >= 11 is 0. The third-order valence-electron chi connectivity index (χ3n) is 6.08. The van der Waals surface area contributed by atoms with Crippen molar-refractivity contribution in [2.75, 3.05) is 37.6 Å². The molecule has 2 aromatic carbocycles. The second-order valence-corrected chi connectivity index (χ2v) is 8.11. The van der Waals surface area contributed by atoms with Gasteiger partial charge in [-0.05, 0) is 49.2 Å². The van der Waals surface area contributed by atoms with Crippen LogP contribution in [0.3, 0.4) is 0 Å². The highest BCUT2D eigenvalue weighted by molar-refractivity contribution is 6.09. The van der Waals surface area contributed by atoms with Gasteiger partial charge in [0, 0.05) is 31.9 Å². The van der Waals surface area contributed by atoms with Crippen molar-refractivity contribution in [2.45, 2.75) is 19.4 Å². The van der Waals surface area contributed by atoms with Crippen LogP contribution in [0.1, 0.15) is 18.1 Å². The average Bonchev–Trinajstić information content (AvgIpc) is 2.98. The molecule has 0 bridgehead atoms. The highest BCUT2D eigenvalue weighted by Crippen LogP contribution is 2.31. The molecule has 0 aliphatic carbocycles. The number of carbonyl (C=O) groups excluding carboxylic acids is 3. The van der Waals surface area contributed by atoms with E-state index in [1.54, 1.807) is 24.0 Å². The Hall–Kier alpha value is -3.42. The monoisotopic (exact) mass is 424 g/mol. The van der Waals surface area contributed by atoms with Gasteiger partial charge >= 0.3 is 6.03 Å². The van der Waals surface area contributed by atoms with Gasteiger partial charge in [-0.15, -0.1) is 0 Å². The van der Waals surface area contributed by atoms with Gasteiger partial charge in [0.15, 0.2) is 0 Å². The Morgan fingerprint density at radius 3 is 2.32 bits per heavy atom. The van der Waals surface area contributed by atoms with Crippen LogP contribution in [0, 0.1) is 12.7 Å². The van der Waals surface area contributed by atoms with Gasteiger partial charge in [-0.2, -0.15) is 0 Å². The van der Waals surface area contributed by atoms with E-state index >= 15 is 0 Å². The molecular formula is C23H25FN4O3. The molecule has 2 fully saturated rings. The molecule has 1 N–H and O–H groups in total. The number of hydrogen-bond acceptors (Lipinski definition) is 4. The predicted octanol–water partition coefficient (Wildman–Crippen LogP) is 2.25. The Bertz CT molecular complexity index is 1020. The largest absolute Gasteiger partial charge is 0.368 e. The lowest BCUT2D eigenvalue weighted by atomic mass is 9.88. The molecule has 2 saturated heterocycles. The standard InChI is InChI=1S/C23H25FN4O3/c1-16-5-3-4-6-19(16)23(2)21(30)28(22(31)25-23)15-20(29)27-13-11-26(12-14-27)18-9-7-17(24)8-10-18/h3-10H,11-15H2,1-2H3,(H,25,31). The summed E-state index contributed by atoms with van der Waals surface area (Å²) in [6.07, 6.45) is 0. The number of nitrogens with one attached hydrogen (secondary N) is 1. The summed E-state index contributed by atoms with van der Waals surface area (Å²) in [6.45, 7) is 5.39. The van der Waals surface area contributed by atoms with Gasteiger partial charge in [0.2, 0.25) is 5.91 Å². The fraction of sp³-hybridized carbons (Fsp3) is 0.348. The van der Waals surface area contributed by atoms with Gasteiger partial charge in [-0.25, -0.2) is 9.18 Å². The molecule has 8 heteroatoms. The minimum atomic E-state index is -1.19. The molecule has 4 rings (SSSR count). The van der Waals surface area contributed by atoms with Crippen molar-refractivity contribution in [3.63, 3.8) is 0 Å². The number of aryl methyl sites for hydroxylation is 1. The normalized spacial score (nSPS) is 21.5. The average molecular weight is 424 g/mol. The van der Waals surface area contributed by atoms with Gasteiger partial charge in [-0.1, -0.05) is 24.3 Å². The zero-order valence-electron chi connectivity index (χ0n) is 17.6. The highest BCUT2D eigenvalue weighted by Gasteiger charge is 2.50. The summed E-state index contributed by atoms with van der Waals surface area (Å²) in [4.78, 5) is 43.2. The van der Waals surface area contributed by atoms with E-state index in [0.29, 0.717) is 26.2 Å². The summed E-state index contributed by atoms with van der Waals surface area (Å²) in [5, 5.41) is 2.76. The molecule has 1 atom stereocenters. The molecule has 2 aliphatic heterocycles. The van der Waals surface area contributed by atoms with Crippen molar-refractivity contribution in [3.05, 3.63) is 65.5 Å². The van der Waals surface area contributed by atoms with Crippen molar-refractivity contribution in [1.29, 1.82) is 0 Å². The maximum absolute atomic E-state index is 13.1. The van der Waals surface area contributed by atoms with Crippen LogP contribution in [0.25, 0.3) is 0 Å². The number of hydrogen-bond donors (Lipinski definition) is 1. The summed E-state index contributed by atoms with van der Waals surface area (Å²) in [5.74, 6) is -0.981. The van der Waals surface area contributed by atoms with Crippen LogP contribution in [-0.2, 0) is 15.1 Å². The van der Waals surface area contributed by atoms with Crippen LogP contribution >= 0.6 is 0 Å². The Morgan fingerprint density at radius 1 is 1.03 bits per heavy atom. The van der Waals surface area contributed by atoms with E-state index in [-0.39, 0.29) is 18.3 Å². The molecule has 7 nitrogen and oxygen atoms in total. The molecule has 1 unspecified atom stereocenters. The molecule has 162 valence electrons. The number of piperazine rings is 1. The molecule has 0 saturated carbocycles. The van der Waals surface area contributed by atoms with E-state index in [9.17, 15) is 18.8 Å². The van der Waals surface area contributed by atoms with Crippen molar-refractivity contribution in [3.8, 4) is 0 Å². The Balaban J connectivity index is 1.40. The van der Waals surface area contributed by atoms with Gasteiger partial charge in [0.05, 0.1) is 0 Å². The third-order valence-corrected chi connectivity index (χ3v) is 6.08. The Kier molecular flexibility index (Phi) is 5.39. The lowest BCUT2D eigenvalue weighted by Crippen LogP contribution is -2.52. The summed E-state index contributed by atoms with van der Waals surface area (Å²) in [7, 11) is 0. The number of anilines is 1. The molecule has 0 radical (unpaired) electrons. The maximum Gasteiger partial charge on any atom is 0.325 e. The Labute approximate surface area is 180 Å². The molecule has 2 aromatic rings. The van der Waals surface area contributed by atoms with Gasteiger partial charge in [0.25, 0.3) is 5.91 Å². The topological polar surface area (TPSA) is 73.0 Å². The van der Waals surface area contributed by atoms with Crippen molar-refractivity contribution < 1.29 is 18.8 Å². The second-order valence-electron chi connectivity index (χ2n) is 8.11. The number of carbonyl (C=O) groups is 3. The van der Waals surface area contributed by atoms with E-state index in [2.05, 4.69) is 10.2 Å². The molecular weight excluding hydrogens is 399 g/mol. The molecule has 2 aliphatic rings. The minimum Gasteiger partial charge on any atom is -0.368 e. The number of benzene rings is 2. The summed E-state index contributed by atoms with van der Waals surface area (Å²) < 4.78 is 13.1. The molecule has 0 spiro atoms. The first kappa shape index (κ1) is 20.8. The van der Waals surface area contributed by atoms with Crippen molar-refractivity contribution in [1.82, 2.24) is 15.1 Å². The predicted molar refractivity (Wildman–Crippen MR) is 114 cm³/mol. The first-order chi connectivity index (χ1) is 14.8. The van der Waals surface area contributed by atoms with Crippen LogP contribution in [-0.4, -0.2) is 60.4 Å². The fourth-order valence-corrected chi connectivity index (χ4v) is 4.26. The van der Waals surface area contributed by atoms with E-state index in [1.807, 2.05) is 31.2 Å². The first-order valence-electron chi connectivity index (χ1n) is 10.3. The lowest BCUT2D eigenvalue weighted by Gasteiger charge is -2.36. The van der Waals surface area contributed by atoms with Gasteiger partial charge in [-0.3, -0.25) is 14.5 Å². The number of amides is 4. The van der Waals surface area contributed by atoms with Crippen LogP contribution in [0.4, 0.5) is 14.9 Å². The Morgan fingerprint density at radius 2 is 1.68 bits per heavy atom. The van der Waals surface area contributed by atoms with Gasteiger partial charge < -0.3 is 15.1 Å². The fourth-order valence-electron chi connectivity index (χ4n) is 4.26. The number of halogens is 1. The van der Waals surface area contributed by atoms with E-state index in [0.717, 1.165) is 21.7 Å². The lowest BCUT2D eigenvalue weighted by molar-refractivity contribution is -0.139. The van der Waals surface area contributed by atoms with E-state index < -0.39 is 17.5 Å². The summed E-state index contributed by atoms with van der Waals surface area (Å²) in [6, 6.07) is 13.1. The first-order valence-corrected chi connectivity index (χ1v) is 10.3. The van der Waals surface area contributed by atoms with E-state index in [1.165, 1.54) is 12.1 Å². The second kappa shape index (κ2) is 8.02. The van der Waals surface area contributed by atoms with Crippen LogP contribution in [0.5, 0.6) is 0 Å². The smallest absolute Gasteiger partial charge is 0.325 e. The van der Waals surface area contributed by atoms with Crippen molar-refractivity contribution in [2.24, 2.45) is 0 Å². The highest BCUT2D eigenvalue weighted by atomic mass is 19.1. The van der Waals surface area contributed by atoms with Gasteiger partial charge in [0.1, 0.15) is 17.9 Å². The SMILES string of the molecule is Cc1ccccc1C1(C)NC(=O)N(CC(=O)N2CCN(c3ccc(F)cc3)CC2)C1=O.